The lowest BCUT2D eigenvalue weighted by Crippen LogP contribution is -2.36. The number of hydrogen-bond acceptors (Lipinski definition) is 3. The average molecular weight is 331 g/mol. The van der Waals surface area contributed by atoms with Gasteiger partial charge in [0.2, 0.25) is 0 Å². The maximum atomic E-state index is 11.5. The van der Waals surface area contributed by atoms with Crippen LogP contribution in [0.25, 0.3) is 0 Å². The normalized spacial score (nSPS) is 20.3. The van der Waals surface area contributed by atoms with Gasteiger partial charge in [0.25, 0.3) is 0 Å². The largest absolute Gasteiger partial charge is 0.476 e. The number of aryl methyl sites for hydroxylation is 1. The molecule has 4 nitrogen and oxygen atoms in total. The molecule has 1 saturated carbocycles. The molecule has 118 valence electrons. The topological polar surface area (TPSA) is 55.8 Å². The lowest BCUT2D eigenvalue weighted by atomic mass is 9.84. The van der Waals surface area contributed by atoms with Crippen molar-refractivity contribution in [2.45, 2.75) is 31.5 Å². The minimum atomic E-state index is -1.43. The molecule has 1 heterocycles. The third-order valence-electron chi connectivity index (χ3n) is 4.61. The fourth-order valence-electron chi connectivity index (χ4n) is 3.46. The summed E-state index contributed by atoms with van der Waals surface area (Å²) < 4.78 is 11.3. The van der Waals surface area contributed by atoms with Crippen molar-refractivity contribution in [1.82, 2.24) is 0 Å². The van der Waals surface area contributed by atoms with Crippen LogP contribution in [-0.2, 0) is 10.2 Å². The van der Waals surface area contributed by atoms with Gasteiger partial charge in [0.15, 0.2) is 0 Å². The highest BCUT2D eigenvalue weighted by Gasteiger charge is 2.52. The van der Waals surface area contributed by atoms with Crippen LogP contribution in [-0.4, -0.2) is 17.4 Å². The van der Waals surface area contributed by atoms with Gasteiger partial charge < -0.3 is 14.6 Å². The van der Waals surface area contributed by atoms with Crippen molar-refractivity contribution < 1.29 is 19.4 Å². The van der Waals surface area contributed by atoms with Crippen molar-refractivity contribution in [1.29, 1.82) is 0 Å². The molecule has 0 aromatic heterocycles. The molecule has 1 aliphatic heterocycles. The van der Waals surface area contributed by atoms with Crippen LogP contribution < -0.4 is 9.47 Å². The summed E-state index contributed by atoms with van der Waals surface area (Å²) in [6, 6.07) is 11.3. The van der Waals surface area contributed by atoms with Gasteiger partial charge in [0.05, 0.1) is 5.02 Å². The maximum absolute atomic E-state index is 11.5. The third-order valence-corrected chi connectivity index (χ3v) is 4.91. The van der Waals surface area contributed by atoms with E-state index in [1.165, 1.54) is 0 Å². The average Bonchev–Trinajstić information content (AvgIpc) is 3.30. The standard InChI is InChI=1S/C18H15ClO4/c1-10-6-7-12(19)15-14(10)18(8-9-18)11-4-2-3-5-13(11)22-17(23-15)16(20)21/h2-7,17H,8-9H2,1H3,(H,20,21). The van der Waals surface area contributed by atoms with Crippen LogP contribution in [0.4, 0.5) is 0 Å². The monoisotopic (exact) mass is 330 g/mol. The van der Waals surface area contributed by atoms with E-state index in [2.05, 4.69) is 0 Å². The summed E-state index contributed by atoms with van der Waals surface area (Å²) in [6.45, 7) is 2.00. The minimum absolute atomic E-state index is 0.204. The summed E-state index contributed by atoms with van der Waals surface area (Å²) in [5.74, 6) is -0.205. The van der Waals surface area contributed by atoms with E-state index in [4.69, 9.17) is 21.1 Å². The van der Waals surface area contributed by atoms with E-state index in [0.717, 1.165) is 29.5 Å². The number of carboxylic acids is 1. The first-order valence-corrected chi connectivity index (χ1v) is 7.86. The van der Waals surface area contributed by atoms with E-state index in [-0.39, 0.29) is 5.41 Å². The summed E-state index contributed by atoms with van der Waals surface area (Å²) >= 11 is 6.32. The Kier molecular flexibility index (Phi) is 3.07. The van der Waals surface area contributed by atoms with Gasteiger partial charge in [-0.15, -0.1) is 0 Å². The summed E-state index contributed by atoms with van der Waals surface area (Å²) in [5.41, 5.74) is 2.82. The number of benzene rings is 2. The molecular formula is C18H15ClO4. The Balaban J connectivity index is 2.02. The minimum Gasteiger partial charge on any atom is -0.476 e. The molecule has 2 aromatic carbocycles. The van der Waals surface area contributed by atoms with Crippen molar-refractivity contribution in [3.63, 3.8) is 0 Å². The Morgan fingerprint density at radius 3 is 2.65 bits per heavy atom. The first-order valence-electron chi connectivity index (χ1n) is 7.48. The fourth-order valence-corrected chi connectivity index (χ4v) is 3.66. The molecule has 1 unspecified atom stereocenters. The first kappa shape index (κ1) is 14.4. The van der Waals surface area contributed by atoms with E-state index in [1.54, 1.807) is 12.1 Å². The van der Waals surface area contributed by atoms with Gasteiger partial charge in [0.1, 0.15) is 11.5 Å². The van der Waals surface area contributed by atoms with Crippen LogP contribution in [0.5, 0.6) is 11.5 Å². The van der Waals surface area contributed by atoms with Crippen LogP contribution in [0.15, 0.2) is 36.4 Å². The van der Waals surface area contributed by atoms with Gasteiger partial charge in [0, 0.05) is 16.5 Å². The lowest BCUT2D eigenvalue weighted by Gasteiger charge is -2.30. The SMILES string of the molecule is Cc1ccc(Cl)c2c1C1(CC1)c1ccccc1OC(C(=O)O)O2. The molecule has 0 radical (unpaired) electrons. The van der Waals surface area contributed by atoms with Gasteiger partial charge in [-0.05, 0) is 37.5 Å². The number of carboxylic acid groups (broad SMARTS) is 1. The fraction of sp³-hybridized carbons (Fsp3) is 0.278. The van der Waals surface area contributed by atoms with Gasteiger partial charge in [-0.3, -0.25) is 0 Å². The molecule has 1 spiro atoms. The van der Waals surface area contributed by atoms with Crippen LogP contribution in [0.2, 0.25) is 5.02 Å². The van der Waals surface area contributed by atoms with Crippen molar-refractivity contribution in [3.05, 3.63) is 58.1 Å². The Bertz CT molecular complexity index is 811. The predicted octanol–water partition coefficient (Wildman–Crippen LogP) is 3.91. The molecular weight excluding hydrogens is 316 g/mol. The molecule has 1 aliphatic carbocycles. The van der Waals surface area contributed by atoms with Crippen molar-refractivity contribution in [2.75, 3.05) is 0 Å². The first-order chi connectivity index (χ1) is 11.0. The number of hydrogen-bond donors (Lipinski definition) is 1. The van der Waals surface area contributed by atoms with Crippen LogP contribution in [0.3, 0.4) is 0 Å². The number of ether oxygens (including phenoxy) is 2. The number of aliphatic carboxylic acids is 1. The second-order valence-corrected chi connectivity index (χ2v) is 6.46. The lowest BCUT2D eigenvalue weighted by molar-refractivity contribution is -0.158. The van der Waals surface area contributed by atoms with E-state index in [1.807, 2.05) is 31.2 Å². The Hall–Kier alpha value is -2.20. The Morgan fingerprint density at radius 1 is 1.22 bits per heavy atom. The predicted molar refractivity (Wildman–Crippen MR) is 85.3 cm³/mol. The number of para-hydroxylation sites is 1. The number of fused-ring (bicyclic) bond motifs is 4. The van der Waals surface area contributed by atoms with E-state index < -0.39 is 12.3 Å². The molecule has 4 rings (SSSR count). The molecule has 2 aromatic rings. The quantitative estimate of drug-likeness (QED) is 0.861. The highest BCUT2D eigenvalue weighted by atomic mass is 35.5. The molecule has 1 N–H and O–H groups in total. The zero-order chi connectivity index (χ0) is 16.2. The van der Waals surface area contributed by atoms with Gasteiger partial charge in [-0.25, -0.2) is 4.79 Å². The summed E-state index contributed by atoms with van der Waals surface area (Å²) in [7, 11) is 0. The van der Waals surface area contributed by atoms with Crippen molar-refractivity contribution >= 4 is 17.6 Å². The molecule has 23 heavy (non-hydrogen) atoms. The summed E-state index contributed by atoms with van der Waals surface area (Å²) in [6.07, 6.45) is 0.496. The molecule has 0 amide bonds. The molecule has 1 fully saturated rings. The Morgan fingerprint density at radius 2 is 1.96 bits per heavy atom. The number of halogens is 1. The molecule has 0 bridgehead atoms. The summed E-state index contributed by atoms with van der Waals surface area (Å²) in [4.78, 5) is 11.5. The summed E-state index contributed by atoms with van der Waals surface area (Å²) in [5, 5.41) is 9.83. The van der Waals surface area contributed by atoms with Crippen molar-refractivity contribution in [3.8, 4) is 11.5 Å². The van der Waals surface area contributed by atoms with Gasteiger partial charge in [-0.2, -0.15) is 0 Å². The third kappa shape index (κ3) is 2.09. The maximum Gasteiger partial charge on any atom is 0.387 e. The number of rotatable bonds is 1. The second kappa shape index (κ2) is 4.90. The van der Waals surface area contributed by atoms with Crippen LogP contribution in [0.1, 0.15) is 29.5 Å². The van der Waals surface area contributed by atoms with Crippen molar-refractivity contribution in [2.24, 2.45) is 0 Å². The molecule has 1 atom stereocenters. The van der Waals surface area contributed by atoms with E-state index in [9.17, 15) is 9.90 Å². The van der Waals surface area contributed by atoms with Gasteiger partial charge >= 0.3 is 12.3 Å². The van der Waals surface area contributed by atoms with Gasteiger partial charge in [-0.1, -0.05) is 35.9 Å². The zero-order valence-corrected chi connectivity index (χ0v) is 13.3. The zero-order valence-electron chi connectivity index (χ0n) is 12.5. The molecule has 5 heteroatoms. The van der Waals surface area contributed by atoms with E-state index >= 15 is 0 Å². The van der Waals surface area contributed by atoms with E-state index in [0.29, 0.717) is 16.5 Å². The second-order valence-electron chi connectivity index (χ2n) is 6.05. The smallest absolute Gasteiger partial charge is 0.387 e. The van der Waals surface area contributed by atoms with Crippen LogP contribution >= 0.6 is 11.6 Å². The molecule has 0 saturated heterocycles. The van der Waals surface area contributed by atoms with Crippen LogP contribution in [0, 0.1) is 6.92 Å². The highest BCUT2D eigenvalue weighted by Crippen LogP contribution is 2.60. The highest BCUT2D eigenvalue weighted by molar-refractivity contribution is 6.32. The number of carbonyl (C=O) groups is 1. The molecule has 2 aliphatic rings. The Labute approximate surface area is 138 Å².